The number of carbonyl (C=O) groups excluding carboxylic acids is 1. The second-order valence-corrected chi connectivity index (χ2v) is 8.81. The first kappa shape index (κ1) is 28.3. The maximum atomic E-state index is 12.8. The third-order valence-electron chi connectivity index (χ3n) is 5.88. The summed E-state index contributed by atoms with van der Waals surface area (Å²) < 4.78 is 21.9. The number of ketones is 1. The van der Waals surface area contributed by atoms with Gasteiger partial charge in [0.1, 0.15) is 5.75 Å². The average molecular weight is 528 g/mol. The average Bonchev–Trinajstić information content (AvgIpc) is 2.92. The molecule has 3 aromatic rings. The second kappa shape index (κ2) is 14.4. The number of Topliss-reactive ketones (excluding diaryl/α,β-unsaturated/α-hetero) is 1. The van der Waals surface area contributed by atoms with Crippen molar-refractivity contribution in [2.75, 3.05) is 27.4 Å². The van der Waals surface area contributed by atoms with Crippen molar-refractivity contribution in [1.82, 2.24) is 4.98 Å². The molecule has 1 heterocycles. The summed E-state index contributed by atoms with van der Waals surface area (Å²) in [7, 11) is 3.21. The van der Waals surface area contributed by atoms with Crippen LogP contribution in [0.2, 0.25) is 5.15 Å². The lowest BCUT2D eigenvalue weighted by Gasteiger charge is -2.13. The Hall–Kier alpha value is -3.29. The van der Waals surface area contributed by atoms with E-state index in [2.05, 4.69) is 17.1 Å². The van der Waals surface area contributed by atoms with Crippen molar-refractivity contribution in [1.29, 1.82) is 0 Å². The van der Waals surface area contributed by atoms with Crippen LogP contribution in [-0.2, 0) is 6.42 Å². The fourth-order valence-electron chi connectivity index (χ4n) is 3.81. The number of aromatic nitrogens is 1. The summed E-state index contributed by atoms with van der Waals surface area (Å²) in [5, 5.41) is 10.7. The molecule has 1 unspecified atom stereocenters. The molecular weight excluding hydrogens is 494 g/mol. The van der Waals surface area contributed by atoms with Crippen LogP contribution in [0.4, 0.5) is 0 Å². The van der Waals surface area contributed by atoms with Crippen molar-refractivity contribution < 1.29 is 28.8 Å². The van der Waals surface area contributed by atoms with E-state index in [0.29, 0.717) is 41.7 Å². The molecule has 3 rings (SSSR count). The van der Waals surface area contributed by atoms with E-state index in [1.807, 2.05) is 19.1 Å². The van der Waals surface area contributed by atoms with E-state index in [9.17, 15) is 9.90 Å². The highest BCUT2D eigenvalue weighted by Crippen LogP contribution is 2.30. The van der Waals surface area contributed by atoms with Crippen LogP contribution in [0.25, 0.3) is 0 Å². The molecule has 8 heteroatoms. The summed E-state index contributed by atoms with van der Waals surface area (Å²) in [6, 6.07) is 16.5. The van der Waals surface area contributed by atoms with Crippen molar-refractivity contribution in [3.8, 4) is 23.0 Å². The molecule has 2 aromatic carbocycles. The SMILES string of the molecule is CCOc1ccc(C(O)CCC(=O)c2ccc(OCCCCc3ccc(OC)cc3)c(OC)c2)nc1Cl. The number of rotatable bonds is 15. The zero-order valence-corrected chi connectivity index (χ0v) is 22.3. The van der Waals surface area contributed by atoms with Gasteiger partial charge in [0.05, 0.1) is 39.2 Å². The minimum Gasteiger partial charge on any atom is -0.497 e. The summed E-state index contributed by atoms with van der Waals surface area (Å²) in [5.74, 6) is 2.30. The molecular formula is C29H34ClNO6. The Bertz CT molecular complexity index is 1150. The number of aliphatic hydroxyl groups excluding tert-OH is 1. The number of aryl methyl sites for hydroxylation is 1. The number of hydrogen-bond acceptors (Lipinski definition) is 7. The first-order valence-electron chi connectivity index (χ1n) is 12.4. The zero-order valence-electron chi connectivity index (χ0n) is 21.5. The molecule has 198 valence electrons. The molecule has 0 fully saturated rings. The van der Waals surface area contributed by atoms with Crippen LogP contribution in [0, 0.1) is 0 Å². The third-order valence-corrected chi connectivity index (χ3v) is 6.15. The van der Waals surface area contributed by atoms with Crippen LogP contribution in [0.1, 0.15) is 60.3 Å². The number of carbonyl (C=O) groups is 1. The normalized spacial score (nSPS) is 11.6. The predicted molar refractivity (Wildman–Crippen MR) is 143 cm³/mol. The lowest BCUT2D eigenvalue weighted by molar-refractivity contribution is 0.0937. The Balaban J connectivity index is 1.47. The largest absolute Gasteiger partial charge is 0.497 e. The van der Waals surface area contributed by atoms with Crippen molar-refractivity contribution in [2.24, 2.45) is 0 Å². The monoisotopic (exact) mass is 527 g/mol. The van der Waals surface area contributed by atoms with Crippen molar-refractivity contribution >= 4 is 17.4 Å². The summed E-state index contributed by atoms with van der Waals surface area (Å²) in [5.41, 5.74) is 2.15. The van der Waals surface area contributed by atoms with Gasteiger partial charge in [0.2, 0.25) is 0 Å². The van der Waals surface area contributed by atoms with Crippen LogP contribution in [0.5, 0.6) is 23.0 Å². The van der Waals surface area contributed by atoms with Gasteiger partial charge in [-0.1, -0.05) is 23.7 Å². The van der Waals surface area contributed by atoms with Gasteiger partial charge in [0.15, 0.2) is 28.2 Å². The maximum Gasteiger partial charge on any atom is 0.171 e. The van der Waals surface area contributed by atoms with Gasteiger partial charge in [0.25, 0.3) is 0 Å². The number of methoxy groups -OCH3 is 2. The number of benzene rings is 2. The van der Waals surface area contributed by atoms with Crippen molar-refractivity contribution in [2.45, 2.75) is 45.1 Å². The molecule has 0 amide bonds. The van der Waals surface area contributed by atoms with E-state index in [0.717, 1.165) is 25.0 Å². The lowest BCUT2D eigenvalue weighted by atomic mass is 10.0. The smallest absolute Gasteiger partial charge is 0.171 e. The Labute approximate surface area is 223 Å². The molecule has 0 aliphatic carbocycles. The number of hydrogen-bond donors (Lipinski definition) is 1. The van der Waals surface area contributed by atoms with Gasteiger partial charge in [-0.3, -0.25) is 4.79 Å². The van der Waals surface area contributed by atoms with Gasteiger partial charge in [0, 0.05) is 12.0 Å². The molecule has 0 aliphatic rings. The molecule has 1 atom stereocenters. The lowest BCUT2D eigenvalue weighted by Crippen LogP contribution is -2.07. The molecule has 0 radical (unpaired) electrons. The van der Waals surface area contributed by atoms with Crippen LogP contribution in [0.15, 0.2) is 54.6 Å². The highest BCUT2D eigenvalue weighted by atomic mass is 35.5. The minimum atomic E-state index is -0.917. The first-order valence-corrected chi connectivity index (χ1v) is 12.8. The van der Waals surface area contributed by atoms with E-state index < -0.39 is 6.10 Å². The van der Waals surface area contributed by atoms with E-state index in [1.54, 1.807) is 44.6 Å². The standard InChI is InChI=1S/C29H34ClNO6/c1-4-36-27-17-13-23(31-29(27)30)25(33)15-14-24(32)21-10-16-26(28(19-21)35-3)37-18-6-5-7-20-8-11-22(34-2)12-9-20/h8-13,16-17,19,25,33H,4-7,14-15,18H2,1-3H3. The van der Waals surface area contributed by atoms with Crippen molar-refractivity contribution in [3.05, 3.63) is 76.6 Å². The van der Waals surface area contributed by atoms with Crippen LogP contribution in [-0.4, -0.2) is 43.3 Å². The fourth-order valence-corrected chi connectivity index (χ4v) is 4.03. The van der Waals surface area contributed by atoms with Gasteiger partial charge in [-0.25, -0.2) is 4.98 Å². The number of unbranched alkanes of at least 4 members (excludes halogenated alkanes) is 1. The highest BCUT2D eigenvalue weighted by molar-refractivity contribution is 6.30. The molecule has 0 aliphatic heterocycles. The quantitative estimate of drug-likeness (QED) is 0.142. The number of aliphatic hydroxyl groups is 1. The Kier molecular flexibility index (Phi) is 11.0. The van der Waals surface area contributed by atoms with Crippen LogP contribution < -0.4 is 18.9 Å². The second-order valence-electron chi connectivity index (χ2n) is 8.46. The number of pyridine rings is 1. The van der Waals surface area contributed by atoms with E-state index in [1.165, 1.54) is 5.56 Å². The molecule has 1 aromatic heterocycles. The Morgan fingerprint density at radius 2 is 1.70 bits per heavy atom. The Morgan fingerprint density at radius 1 is 0.946 bits per heavy atom. The summed E-state index contributed by atoms with van der Waals surface area (Å²) in [6.45, 7) is 2.86. The van der Waals surface area contributed by atoms with Gasteiger partial charge in [-0.2, -0.15) is 0 Å². The molecule has 0 spiro atoms. The van der Waals surface area contributed by atoms with E-state index in [4.69, 9.17) is 30.5 Å². The predicted octanol–water partition coefficient (Wildman–Crippen LogP) is 6.25. The van der Waals surface area contributed by atoms with Gasteiger partial charge in [-0.15, -0.1) is 0 Å². The molecule has 0 saturated heterocycles. The molecule has 7 nitrogen and oxygen atoms in total. The summed E-state index contributed by atoms with van der Waals surface area (Å²) >= 11 is 6.11. The van der Waals surface area contributed by atoms with Gasteiger partial charge < -0.3 is 24.1 Å². The summed E-state index contributed by atoms with van der Waals surface area (Å²) in [6.07, 6.45) is 2.27. The van der Waals surface area contributed by atoms with Crippen LogP contribution >= 0.6 is 11.6 Å². The Morgan fingerprint density at radius 3 is 2.38 bits per heavy atom. The fraction of sp³-hybridized carbons (Fsp3) is 0.379. The number of halogens is 1. The number of nitrogens with zero attached hydrogens (tertiary/aromatic N) is 1. The third kappa shape index (κ3) is 8.37. The van der Waals surface area contributed by atoms with Crippen molar-refractivity contribution in [3.63, 3.8) is 0 Å². The number of ether oxygens (including phenoxy) is 4. The van der Waals surface area contributed by atoms with Gasteiger partial charge in [-0.05, 0) is 80.6 Å². The molecule has 0 bridgehead atoms. The molecule has 0 saturated carbocycles. The topological polar surface area (TPSA) is 87.1 Å². The first-order chi connectivity index (χ1) is 17.9. The highest BCUT2D eigenvalue weighted by Gasteiger charge is 2.16. The summed E-state index contributed by atoms with van der Waals surface area (Å²) in [4.78, 5) is 16.9. The molecule has 1 N–H and O–H groups in total. The van der Waals surface area contributed by atoms with E-state index in [-0.39, 0.29) is 23.8 Å². The van der Waals surface area contributed by atoms with E-state index >= 15 is 0 Å². The van der Waals surface area contributed by atoms with Crippen LogP contribution in [0.3, 0.4) is 0 Å². The van der Waals surface area contributed by atoms with Gasteiger partial charge >= 0.3 is 0 Å². The zero-order chi connectivity index (χ0) is 26.6. The maximum absolute atomic E-state index is 12.8. The molecule has 37 heavy (non-hydrogen) atoms. The minimum absolute atomic E-state index is 0.111.